The molecule has 7 heteroatoms. The van der Waals surface area contributed by atoms with Gasteiger partial charge in [0.1, 0.15) is 12.3 Å². The third-order valence-corrected chi connectivity index (χ3v) is 2.73. The predicted octanol–water partition coefficient (Wildman–Crippen LogP) is 1.85. The van der Waals surface area contributed by atoms with Crippen molar-refractivity contribution in [2.24, 2.45) is 5.92 Å². The van der Waals surface area contributed by atoms with Crippen LogP contribution in [0.5, 0.6) is 0 Å². The smallest absolute Gasteiger partial charge is 0.324 e. The van der Waals surface area contributed by atoms with E-state index in [0.29, 0.717) is 6.42 Å². The van der Waals surface area contributed by atoms with Gasteiger partial charge in [-0.25, -0.2) is 8.78 Å². The lowest BCUT2D eigenvalue weighted by molar-refractivity contribution is -0.123. The summed E-state index contributed by atoms with van der Waals surface area (Å²) >= 11 is 0. The summed E-state index contributed by atoms with van der Waals surface area (Å²) < 4.78 is 36.7. The molecule has 2 atom stereocenters. The Bertz CT molecular complexity index is 277. The van der Waals surface area contributed by atoms with E-state index in [1.54, 1.807) is 0 Å². The Morgan fingerprint density at radius 1 is 1.25 bits per heavy atom. The van der Waals surface area contributed by atoms with E-state index in [2.05, 4.69) is 0 Å². The lowest BCUT2D eigenvalue weighted by Gasteiger charge is -2.14. The van der Waals surface area contributed by atoms with Crippen LogP contribution in [0.1, 0.15) is 26.7 Å². The Labute approximate surface area is 93.2 Å². The summed E-state index contributed by atoms with van der Waals surface area (Å²) in [6.07, 6.45) is -5.36. The van der Waals surface area contributed by atoms with E-state index in [1.165, 1.54) is 0 Å². The van der Waals surface area contributed by atoms with Crippen molar-refractivity contribution in [1.82, 2.24) is 0 Å². The van der Waals surface area contributed by atoms with Crippen molar-refractivity contribution in [2.45, 2.75) is 39.0 Å². The van der Waals surface area contributed by atoms with Gasteiger partial charge >= 0.3 is 7.60 Å². The van der Waals surface area contributed by atoms with Crippen LogP contribution >= 0.6 is 7.60 Å². The molecule has 16 heavy (non-hydrogen) atoms. The van der Waals surface area contributed by atoms with Crippen molar-refractivity contribution in [3.63, 3.8) is 0 Å². The Kier molecular flexibility index (Phi) is 6.30. The molecule has 0 aromatic heterocycles. The second-order valence-electron chi connectivity index (χ2n) is 4.18. The van der Waals surface area contributed by atoms with Gasteiger partial charge in [0.15, 0.2) is 12.0 Å². The minimum atomic E-state index is -4.61. The van der Waals surface area contributed by atoms with Crippen LogP contribution in [0.25, 0.3) is 0 Å². The fraction of sp³-hybridized carbons (Fsp3) is 0.889. The van der Waals surface area contributed by atoms with Gasteiger partial charge in [0.05, 0.1) is 0 Å². The van der Waals surface area contributed by atoms with Gasteiger partial charge in [-0.2, -0.15) is 0 Å². The highest BCUT2D eigenvalue weighted by Gasteiger charge is 2.32. The summed E-state index contributed by atoms with van der Waals surface area (Å²) in [5.41, 5.74) is 0. The van der Waals surface area contributed by atoms with Crippen LogP contribution in [0.3, 0.4) is 0 Å². The Balaban J connectivity index is 4.17. The van der Waals surface area contributed by atoms with E-state index < -0.39 is 31.9 Å². The third kappa shape index (κ3) is 7.04. The first-order valence-corrected chi connectivity index (χ1v) is 6.78. The Morgan fingerprint density at radius 2 is 1.75 bits per heavy atom. The molecule has 0 aromatic carbocycles. The number of hydrogen-bond acceptors (Lipinski definition) is 2. The normalized spacial score (nSPS) is 16.2. The monoisotopic (exact) mass is 258 g/mol. The highest BCUT2D eigenvalue weighted by Crippen LogP contribution is 2.35. The fourth-order valence-electron chi connectivity index (χ4n) is 1.13. The van der Waals surface area contributed by atoms with Crippen molar-refractivity contribution >= 4 is 13.4 Å². The van der Waals surface area contributed by atoms with Crippen molar-refractivity contribution in [3.8, 4) is 0 Å². The van der Waals surface area contributed by atoms with Crippen molar-refractivity contribution in [2.75, 3.05) is 6.16 Å². The van der Waals surface area contributed by atoms with Gasteiger partial charge in [0.25, 0.3) is 0 Å². The SMILES string of the molecule is CC(C)CCC(F)C(F)C(=O)CP(=O)(O)O. The molecule has 0 heterocycles. The fourth-order valence-corrected chi connectivity index (χ4v) is 1.71. The van der Waals surface area contributed by atoms with Gasteiger partial charge in [-0.15, -0.1) is 0 Å². The second-order valence-corrected chi connectivity index (χ2v) is 5.82. The first-order chi connectivity index (χ1) is 7.13. The average molecular weight is 258 g/mol. The molecule has 4 nitrogen and oxygen atoms in total. The van der Waals surface area contributed by atoms with Gasteiger partial charge in [-0.05, 0) is 18.8 Å². The molecule has 2 unspecified atom stereocenters. The highest BCUT2D eigenvalue weighted by molar-refractivity contribution is 7.52. The van der Waals surface area contributed by atoms with E-state index in [1.807, 2.05) is 13.8 Å². The number of carbonyl (C=O) groups is 1. The van der Waals surface area contributed by atoms with E-state index in [-0.39, 0.29) is 12.3 Å². The second kappa shape index (κ2) is 6.42. The molecule has 0 saturated carbocycles. The third-order valence-electron chi connectivity index (χ3n) is 2.01. The van der Waals surface area contributed by atoms with Crippen molar-refractivity contribution in [3.05, 3.63) is 0 Å². The Hall–Kier alpha value is -0.320. The highest BCUT2D eigenvalue weighted by atomic mass is 31.2. The summed E-state index contributed by atoms with van der Waals surface area (Å²) in [6, 6.07) is 0. The van der Waals surface area contributed by atoms with Crippen LogP contribution in [0.15, 0.2) is 0 Å². The molecule has 0 aliphatic heterocycles. The number of hydrogen-bond donors (Lipinski definition) is 2. The van der Waals surface area contributed by atoms with Crippen LogP contribution in [-0.4, -0.2) is 34.1 Å². The molecule has 0 saturated heterocycles. The molecule has 0 aliphatic rings. The molecule has 0 fully saturated rings. The zero-order chi connectivity index (χ0) is 12.9. The lowest BCUT2D eigenvalue weighted by atomic mass is 10.0. The van der Waals surface area contributed by atoms with E-state index >= 15 is 0 Å². The zero-order valence-electron chi connectivity index (χ0n) is 9.27. The van der Waals surface area contributed by atoms with Gasteiger partial charge in [0, 0.05) is 0 Å². The average Bonchev–Trinajstić information content (AvgIpc) is 2.10. The largest absolute Gasteiger partial charge is 0.333 e. The van der Waals surface area contributed by atoms with Gasteiger partial charge in [0.2, 0.25) is 0 Å². The summed E-state index contributed by atoms with van der Waals surface area (Å²) in [5, 5.41) is 0. The minimum absolute atomic E-state index is 0.119. The van der Waals surface area contributed by atoms with Crippen LogP contribution in [0.2, 0.25) is 0 Å². The zero-order valence-corrected chi connectivity index (χ0v) is 10.2. The summed E-state index contributed by atoms with van der Waals surface area (Å²) in [6.45, 7) is 3.66. The molecule has 0 spiro atoms. The molecule has 0 radical (unpaired) electrons. The van der Waals surface area contributed by atoms with Crippen LogP contribution in [0.4, 0.5) is 8.78 Å². The maximum Gasteiger partial charge on any atom is 0.333 e. The molecule has 0 rings (SSSR count). The summed E-state index contributed by atoms with van der Waals surface area (Å²) in [4.78, 5) is 27.8. The number of carbonyl (C=O) groups excluding carboxylic acids is 1. The van der Waals surface area contributed by atoms with E-state index in [9.17, 15) is 18.1 Å². The van der Waals surface area contributed by atoms with Crippen molar-refractivity contribution < 1.29 is 27.9 Å². The molecule has 0 amide bonds. The Morgan fingerprint density at radius 3 is 2.12 bits per heavy atom. The molecule has 0 bridgehead atoms. The number of rotatable bonds is 7. The topological polar surface area (TPSA) is 74.6 Å². The van der Waals surface area contributed by atoms with E-state index in [4.69, 9.17) is 9.79 Å². The number of Topliss-reactive ketones (excluding diaryl/α,β-unsaturated/α-hetero) is 1. The first-order valence-electron chi connectivity index (χ1n) is 4.99. The maximum atomic E-state index is 13.1. The predicted molar refractivity (Wildman–Crippen MR) is 55.8 cm³/mol. The van der Waals surface area contributed by atoms with Crippen LogP contribution < -0.4 is 0 Å². The molecule has 0 aromatic rings. The van der Waals surface area contributed by atoms with Crippen molar-refractivity contribution in [1.29, 1.82) is 0 Å². The van der Waals surface area contributed by atoms with Gasteiger partial charge in [-0.1, -0.05) is 13.8 Å². The maximum absolute atomic E-state index is 13.1. The molecule has 2 N–H and O–H groups in total. The minimum Gasteiger partial charge on any atom is -0.324 e. The van der Waals surface area contributed by atoms with Crippen LogP contribution in [-0.2, 0) is 9.36 Å². The molecule has 0 aliphatic carbocycles. The van der Waals surface area contributed by atoms with Gasteiger partial charge < -0.3 is 9.79 Å². The van der Waals surface area contributed by atoms with Gasteiger partial charge in [-0.3, -0.25) is 9.36 Å². The molecule has 96 valence electrons. The first kappa shape index (κ1) is 15.7. The van der Waals surface area contributed by atoms with Crippen LogP contribution in [0, 0.1) is 5.92 Å². The number of halogens is 2. The molecular formula is C9H17F2O4P. The molecular weight excluding hydrogens is 241 g/mol. The lowest BCUT2D eigenvalue weighted by Crippen LogP contribution is -2.29. The summed E-state index contributed by atoms with van der Waals surface area (Å²) in [5.74, 6) is -1.19. The standard InChI is InChI=1S/C9H17F2O4P/c1-6(2)3-4-7(10)9(11)8(12)5-16(13,14)15/h6-7,9H,3-5H2,1-2H3,(H2,13,14,15). The number of alkyl halides is 2. The quantitative estimate of drug-likeness (QED) is 0.683. The van der Waals surface area contributed by atoms with E-state index in [0.717, 1.165) is 0 Å². The summed E-state index contributed by atoms with van der Waals surface area (Å²) in [7, 11) is -4.61. The number of ketones is 1.